The smallest absolute Gasteiger partial charge is 0.406 e. The summed E-state index contributed by atoms with van der Waals surface area (Å²) in [5.74, 6) is 7.64. The van der Waals surface area contributed by atoms with Gasteiger partial charge in [-0.2, -0.15) is 18.4 Å². The maximum absolute atomic E-state index is 13.5. The van der Waals surface area contributed by atoms with E-state index in [1.807, 2.05) is 26.0 Å². The molecule has 4 rings (SSSR count). The molecule has 206 valence electrons. The van der Waals surface area contributed by atoms with Crippen LogP contribution in [0.4, 0.5) is 24.5 Å². The Bertz CT molecular complexity index is 1470. The Morgan fingerprint density at radius 2 is 1.87 bits per heavy atom. The fourth-order valence-electron chi connectivity index (χ4n) is 4.59. The first-order valence-corrected chi connectivity index (χ1v) is 14.1. The molecule has 2 N–H and O–H groups in total. The normalized spacial score (nSPS) is 17.7. The number of alkyl halides is 3. The van der Waals surface area contributed by atoms with Crippen LogP contribution in [-0.2, 0) is 22.8 Å². The fraction of sp³-hybridized carbons (Fsp3) is 0.414. The maximum atomic E-state index is 13.5. The number of rotatable bonds is 7. The summed E-state index contributed by atoms with van der Waals surface area (Å²) in [6.45, 7) is 2.66. The molecular formula is C29H31F3N4O2S. The molecule has 0 spiro atoms. The highest BCUT2D eigenvalue weighted by Gasteiger charge is 2.30. The van der Waals surface area contributed by atoms with Crippen LogP contribution in [0.15, 0.2) is 42.5 Å². The number of nitrogens with zero attached hydrogens (tertiary/aromatic N) is 2. The third kappa shape index (κ3) is 6.88. The van der Waals surface area contributed by atoms with Gasteiger partial charge in [-0.05, 0) is 68.5 Å². The molecule has 1 aliphatic rings. The maximum Gasteiger partial charge on any atom is 0.406 e. The van der Waals surface area contributed by atoms with Crippen molar-refractivity contribution < 1.29 is 22.1 Å². The van der Waals surface area contributed by atoms with Gasteiger partial charge in [-0.3, -0.25) is 4.21 Å². The molecule has 1 fully saturated rings. The summed E-state index contributed by atoms with van der Waals surface area (Å²) < 4.78 is 58.9. The van der Waals surface area contributed by atoms with E-state index in [0.717, 1.165) is 24.1 Å². The summed E-state index contributed by atoms with van der Waals surface area (Å²) in [6, 6.07) is 14.8. The van der Waals surface area contributed by atoms with Crippen molar-refractivity contribution in [1.82, 2.24) is 4.57 Å². The topological polar surface area (TPSA) is 79.1 Å². The van der Waals surface area contributed by atoms with Crippen molar-refractivity contribution in [3.05, 3.63) is 53.7 Å². The summed E-state index contributed by atoms with van der Waals surface area (Å²) in [7, 11) is 0.733. The second kappa shape index (κ2) is 11.6. The number of nitriles is 1. The van der Waals surface area contributed by atoms with Crippen molar-refractivity contribution in [3.63, 3.8) is 0 Å². The summed E-state index contributed by atoms with van der Waals surface area (Å²) >= 11 is 0. The molecule has 39 heavy (non-hydrogen) atoms. The second-order valence-corrected chi connectivity index (χ2v) is 11.7. The quantitative estimate of drug-likeness (QED) is 0.360. The van der Waals surface area contributed by atoms with Gasteiger partial charge in [0, 0.05) is 39.4 Å². The van der Waals surface area contributed by atoms with Crippen molar-refractivity contribution in [2.45, 2.75) is 50.9 Å². The lowest BCUT2D eigenvalue weighted by molar-refractivity contribution is -0.140. The molecule has 0 saturated carbocycles. The highest BCUT2D eigenvalue weighted by Crippen LogP contribution is 2.33. The standard InChI is InChI=1S/C29H31F3N4O2S/c1-28(2,18-33)20-9-10-25(27(16-20)38-3)34-13-5-6-22-17-23-24(35-21-11-14-39(37)15-12-21)7-4-8-26(23)36(22)19-29(30,31)32/h4,7-10,16-17,21,34-35H,11-15,19H2,1-3H3. The van der Waals surface area contributed by atoms with Gasteiger partial charge in [0.1, 0.15) is 12.3 Å². The van der Waals surface area contributed by atoms with Crippen LogP contribution < -0.4 is 15.4 Å². The molecule has 0 unspecified atom stereocenters. The van der Waals surface area contributed by atoms with E-state index in [2.05, 4.69) is 28.5 Å². The van der Waals surface area contributed by atoms with Crippen molar-refractivity contribution in [3.8, 4) is 23.7 Å². The average molecular weight is 557 g/mol. The van der Waals surface area contributed by atoms with E-state index in [1.165, 1.54) is 11.7 Å². The fourth-order valence-corrected chi connectivity index (χ4v) is 5.89. The number of methoxy groups -OCH3 is 1. The third-order valence-corrected chi connectivity index (χ3v) is 8.20. The first-order valence-electron chi connectivity index (χ1n) is 12.6. The number of aromatic nitrogens is 1. The predicted molar refractivity (Wildman–Crippen MR) is 150 cm³/mol. The number of hydrogen-bond acceptors (Lipinski definition) is 5. The van der Waals surface area contributed by atoms with E-state index in [9.17, 15) is 22.6 Å². The van der Waals surface area contributed by atoms with Crippen LogP contribution in [0.2, 0.25) is 0 Å². The molecule has 1 aliphatic heterocycles. The molecular weight excluding hydrogens is 525 g/mol. The van der Waals surface area contributed by atoms with Crippen molar-refractivity contribution in [2.75, 3.05) is 35.8 Å². The Kier molecular flexibility index (Phi) is 8.46. The van der Waals surface area contributed by atoms with Gasteiger partial charge in [0.25, 0.3) is 0 Å². The van der Waals surface area contributed by atoms with Crippen LogP contribution in [0.1, 0.15) is 37.9 Å². The van der Waals surface area contributed by atoms with E-state index in [-0.39, 0.29) is 18.3 Å². The van der Waals surface area contributed by atoms with Crippen LogP contribution in [0, 0.1) is 23.2 Å². The minimum atomic E-state index is -4.41. The molecule has 0 radical (unpaired) electrons. The number of hydrogen-bond donors (Lipinski definition) is 2. The Balaban J connectivity index is 1.59. The van der Waals surface area contributed by atoms with E-state index in [1.54, 1.807) is 30.3 Å². The average Bonchev–Trinajstić information content (AvgIpc) is 3.24. The molecule has 2 heterocycles. The molecule has 1 aromatic heterocycles. The molecule has 0 aliphatic carbocycles. The van der Waals surface area contributed by atoms with Crippen LogP contribution in [-0.4, -0.2) is 46.2 Å². The monoisotopic (exact) mass is 556 g/mol. The van der Waals surface area contributed by atoms with Gasteiger partial charge in [-0.15, -0.1) is 0 Å². The zero-order chi connectivity index (χ0) is 28.2. The summed E-state index contributed by atoms with van der Waals surface area (Å²) in [5, 5.41) is 16.7. The van der Waals surface area contributed by atoms with E-state index in [4.69, 9.17) is 4.74 Å². The minimum absolute atomic E-state index is 0.123. The molecule has 0 atom stereocenters. The lowest BCUT2D eigenvalue weighted by Crippen LogP contribution is -2.29. The molecule has 0 amide bonds. The number of nitrogens with one attached hydrogen (secondary N) is 2. The Labute approximate surface area is 229 Å². The highest BCUT2D eigenvalue weighted by molar-refractivity contribution is 7.85. The summed E-state index contributed by atoms with van der Waals surface area (Å²) in [6.07, 6.45) is -2.91. The third-order valence-electron chi connectivity index (χ3n) is 6.82. The van der Waals surface area contributed by atoms with Crippen LogP contribution in [0.5, 0.6) is 5.75 Å². The van der Waals surface area contributed by atoms with Gasteiger partial charge in [-0.1, -0.05) is 18.1 Å². The van der Waals surface area contributed by atoms with Gasteiger partial charge < -0.3 is 19.9 Å². The van der Waals surface area contributed by atoms with Crippen LogP contribution in [0.3, 0.4) is 0 Å². The van der Waals surface area contributed by atoms with Gasteiger partial charge in [0.15, 0.2) is 0 Å². The first-order chi connectivity index (χ1) is 18.5. The molecule has 10 heteroatoms. The zero-order valence-electron chi connectivity index (χ0n) is 22.1. The lowest BCUT2D eigenvalue weighted by Gasteiger charge is -2.24. The SMILES string of the molecule is COc1cc(C(C)(C)C#N)ccc1NCC#Cc1cc2c(NC3CCS(=O)CC3)cccc2n1CC(F)(F)F. The van der Waals surface area contributed by atoms with E-state index >= 15 is 0 Å². The lowest BCUT2D eigenvalue weighted by atomic mass is 9.86. The molecule has 1 saturated heterocycles. The Morgan fingerprint density at radius 1 is 1.13 bits per heavy atom. The number of benzene rings is 2. The molecule has 2 aromatic carbocycles. The van der Waals surface area contributed by atoms with E-state index < -0.39 is 28.9 Å². The van der Waals surface area contributed by atoms with Crippen molar-refractivity contribution >= 4 is 33.1 Å². The van der Waals surface area contributed by atoms with Gasteiger partial charge in [-0.25, -0.2) is 0 Å². The Hall–Kier alpha value is -3.63. The van der Waals surface area contributed by atoms with Gasteiger partial charge >= 0.3 is 6.18 Å². The van der Waals surface area contributed by atoms with Crippen LogP contribution >= 0.6 is 0 Å². The highest BCUT2D eigenvalue weighted by atomic mass is 32.2. The van der Waals surface area contributed by atoms with Crippen LogP contribution in [0.25, 0.3) is 10.9 Å². The molecule has 6 nitrogen and oxygen atoms in total. The first kappa shape index (κ1) is 28.4. The van der Waals surface area contributed by atoms with Gasteiger partial charge in [0.05, 0.1) is 42.0 Å². The number of anilines is 2. The molecule has 3 aromatic rings. The largest absolute Gasteiger partial charge is 0.495 e. The number of ether oxygens (including phenoxy) is 1. The Morgan fingerprint density at radius 3 is 2.54 bits per heavy atom. The van der Waals surface area contributed by atoms with Crippen molar-refractivity contribution in [2.24, 2.45) is 0 Å². The zero-order valence-corrected chi connectivity index (χ0v) is 22.9. The number of halogens is 3. The summed E-state index contributed by atoms with van der Waals surface area (Å²) in [5.41, 5.74) is 2.26. The van der Waals surface area contributed by atoms with Gasteiger partial charge in [0.2, 0.25) is 0 Å². The predicted octanol–water partition coefficient (Wildman–Crippen LogP) is 5.80. The second-order valence-electron chi connectivity index (χ2n) is 10.0. The molecule has 0 bridgehead atoms. The number of fused-ring (bicyclic) bond motifs is 1. The van der Waals surface area contributed by atoms with Crippen molar-refractivity contribution in [1.29, 1.82) is 5.26 Å². The summed E-state index contributed by atoms with van der Waals surface area (Å²) in [4.78, 5) is 0. The van der Waals surface area contributed by atoms with E-state index in [0.29, 0.717) is 33.8 Å². The minimum Gasteiger partial charge on any atom is -0.495 e.